The van der Waals surface area contributed by atoms with E-state index in [9.17, 15) is 4.79 Å². The molecule has 0 spiro atoms. The number of hydrogen-bond donors (Lipinski definition) is 0. The molecule has 0 saturated carbocycles. The topological polar surface area (TPSA) is 35.5 Å². The van der Waals surface area contributed by atoms with Crippen molar-refractivity contribution in [2.45, 2.75) is 46.1 Å². The van der Waals surface area contributed by atoms with Crippen LogP contribution in [0.3, 0.4) is 0 Å². The Hall–Kier alpha value is -1.35. The highest BCUT2D eigenvalue weighted by Gasteiger charge is 2.31. The lowest BCUT2D eigenvalue weighted by Crippen LogP contribution is -2.31. The van der Waals surface area contributed by atoms with Crippen LogP contribution in [0, 0.1) is 12.8 Å². The van der Waals surface area contributed by atoms with E-state index in [4.69, 9.17) is 9.47 Å². The van der Waals surface area contributed by atoms with E-state index in [1.165, 1.54) is 5.56 Å². The number of benzene rings is 1. The second-order valence-electron chi connectivity index (χ2n) is 6.35. The van der Waals surface area contributed by atoms with Gasteiger partial charge in [0, 0.05) is 13.7 Å². The summed E-state index contributed by atoms with van der Waals surface area (Å²) in [5.74, 6) is -0.418. The van der Waals surface area contributed by atoms with E-state index in [0.717, 1.165) is 5.56 Å². The average molecular weight is 278 g/mol. The smallest absolute Gasteiger partial charge is 0.314 e. The van der Waals surface area contributed by atoms with Crippen LogP contribution in [-0.2, 0) is 14.3 Å². The van der Waals surface area contributed by atoms with Crippen molar-refractivity contribution in [1.82, 2.24) is 0 Å². The quantitative estimate of drug-likeness (QED) is 0.770. The van der Waals surface area contributed by atoms with Crippen molar-refractivity contribution in [3.8, 4) is 0 Å². The summed E-state index contributed by atoms with van der Waals surface area (Å²) in [5, 5.41) is 0. The second-order valence-corrected chi connectivity index (χ2v) is 6.35. The molecule has 0 aliphatic carbocycles. The van der Waals surface area contributed by atoms with E-state index in [2.05, 4.69) is 0 Å². The molecular formula is C17H26O3. The van der Waals surface area contributed by atoms with Crippen molar-refractivity contribution in [1.29, 1.82) is 0 Å². The molecule has 3 nitrogen and oxygen atoms in total. The van der Waals surface area contributed by atoms with Crippen molar-refractivity contribution >= 4 is 5.97 Å². The molecule has 3 heteroatoms. The second kappa shape index (κ2) is 6.89. The lowest BCUT2D eigenvalue weighted by atomic mass is 9.87. The summed E-state index contributed by atoms with van der Waals surface area (Å²) in [7, 11) is 1.65. The first kappa shape index (κ1) is 16.7. The van der Waals surface area contributed by atoms with Crippen molar-refractivity contribution in [3.05, 3.63) is 35.4 Å². The first-order valence-corrected chi connectivity index (χ1v) is 7.03. The predicted molar refractivity (Wildman–Crippen MR) is 80.8 cm³/mol. The summed E-state index contributed by atoms with van der Waals surface area (Å²) >= 11 is 0. The summed E-state index contributed by atoms with van der Waals surface area (Å²) in [6, 6.07) is 8.03. The van der Waals surface area contributed by atoms with Gasteiger partial charge in [0.05, 0.1) is 5.92 Å². The molecule has 2 unspecified atom stereocenters. The zero-order valence-corrected chi connectivity index (χ0v) is 13.4. The highest BCUT2D eigenvalue weighted by atomic mass is 16.6. The van der Waals surface area contributed by atoms with Crippen LogP contribution in [-0.4, -0.2) is 25.3 Å². The van der Waals surface area contributed by atoms with Gasteiger partial charge in [0.2, 0.25) is 0 Å². The zero-order valence-electron chi connectivity index (χ0n) is 13.4. The molecule has 0 aliphatic rings. The summed E-state index contributed by atoms with van der Waals surface area (Å²) in [4.78, 5) is 12.5. The van der Waals surface area contributed by atoms with Crippen LogP contribution < -0.4 is 0 Å². The van der Waals surface area contributed by atoms with E-state index >= 15 is 0 Å². The van der Waals surface area contributed by atoms with Crippen molar-refractivity contribution < 1.29 is 14.3 Å². The van der Waals surface area contributed by atoms with Crippen LogP contribution in [0.25, 0.3) is 0 Å². The fourth-order valence-electron chi connectivity index (χ4n) is 2.20. The lowest BCUT2D eigenvalue weighted by molar-refractivity contribution is -0.158. The average Bonchev–Trinajstić information content (AvgIpc) is 2.30. The van der Waals surface area contributed by atoms with Gasteiger partial charge in [-0.1, -0.05) is 36.8 Å². The normalized spacial score (nSPS) is 14.7. The van der Waals surface area contributed by atoms with Crippen LogP contribution in [0.15, 0.2) is 24.3 Å². The number of aryl methyl sites for hydroxylation is 1. The Morgan fingerprint density at radius 1 is 1.20 bits per heavy atom. The van der Waals surface area contributed by atoms with Crippen molar-refractivity contribution in [2.75, 3.05) is 13.7 Å². The predicted octanol–water partition coefficient (Wildman–Crippen LogP) is 3.70. The van der Waals surface area contributed by atoms with Crippen LogP contribution >= 0.6 is 0 Å². The van der Waals surface area contributed by atoms with Crippen molar-refractivity contribution in [2.24, 2.45) is 5.92 Å². The molecule has 112 valence electrons. The van der Waals surface area contributed by atoms with Gasteiger partial charge in [-0.15, -0.1) is 0 Å². The first-order chi connectivity index (χ1) is 9.24. The maximum Gasteiger partial charge on any atom is 0.314 e. The highest BCUT2D eigenvalue weighted by molar-refractivity contribution is 5.79. The molecular weight excluding hydrogens is 252 g/mol. The van der Waals surface area contributed by atoms with Crippen LogP contribution in [0.2, 0.25) is 0 Å². The minimum atomic E-state index is -0.479. The molecule has 0 aromatic heterocycles. The van der Waals surface area contributed by atoms with Gasteiger partial charge in [-0.25, -0.2) is 0 Å². The van der Waals surface area contributed by atoms with E-state index in [0.29, 0.717) is 6.61 Å². The Morgan fingerprint density at radius 3 is 2.20 bits per heavy atom. The van der Waals surface area contributed by atoms with Gasteiger partial charge in [-0.3, -0.25) is 4.79 Å². The molecule has 2 atom stereocenters. The number of carbonyl (C=O) groups excluding carboxylic acids is 1. The molecule has 1 aromatic carbocycles. The zero-order chi connectivity index (χ0) is 15.3. The molecule has 20 heavy (non-hydrogen) atoms. The maximum absolute atomic E-state index is 12.5. The molecule has 0 amide bonds. The van der Waals surface area contributed by atoms with Gasteiger partial charge in [0.1, 0.15) is 5.60 Å². The van der Waals surface area contributed by atoms with Crippen LogP contribution in [0.1, 0.15) is 44.7 Å². The standard InChI is InChI=1S/C17H26O3/c1-12-7-9-14(10-8-12)15(13(2)11-19-6)16(18)20-17(3,4)5/h7-10,13,15H,11H2,1-6H3. The highest BCUT2D eigenvalue weighted by Crippen LogP contribution is 2.28. The third kappa shape index (κ3) is 4.97. The molecule has 0 radical (unpaired) electrons. The van der Waals surface area contributed by atoms with Gasteiger partial charge < -0.3 is 9.47 Å². The van der Waals surface area contributed by atoms with E-state index in [-0.39, 0.29) is 17.8 Å². The molecule has 0 aliphatic heterocycles. The van der Waals surface area contributed by atoms with E-state index in [1.807, 2.05) is 58.9 Å². The summed E-state index contributed by atoms with van der Waals surface area (Å²) in [6.07, 6.45) is 0. The fraction of sp³-hybridized carbons (Fsp3) is 0.588. The van der Waals surface area contributed by atoms with Gasteiger partial charge in [0.25, 0.3) is 0 Å². The first-order valence-electron chi connectivity index (χ1n) is 7.03. The largest absolute Gasteiger partial charge is 0.459 e. The third-order valence-electron chi connectivity index (χ3n) is 3.10. The minimum Gasteiger partial charge on any atom is -0.459 e. The molecule has 0 heterocycles. The monoisotopic (exact) mass is 278 g/mol. The van der Waals surface area contributed by atoms with Gasteiger partial charge in [-0.05, 0) is 39.2 Å². The molecule has 1 aromatic rings. The summed E-state index contributed by atoms with van der Waals surface area (Å²) in [5.41, 5.74) is 1.68. The number of ether oxygens (including phenoxy) is 2. The Labute approximate surface area is 122 Å². The van der Waals surface area contributed by atoms with Crippen LogP contribution in [0.5, 0.6) is 0 Å². The Kier molecular flexibility index (Phi) is 5.75. The van der Waals surface area contributed by atoms with Gasteiger partial charge in [-0.2, -0.15) is 0 Å². The Morgan fingerprint density at radius 2 is 1.75 bits per heavy atom. The number of carbonyl (C=O) groups is 1. The Bertz CT molecular complexity index is 429. The molecule has 0 bridgehead atoms. The summed E-state index contributed by atoms with van der Waals surface area (Å²) in [6.45, 7) is 10.2. The number of rotatable bonds is 5. The lowest BCUT2D eigenvalue weighted by Gasteiger charge is -2.27. The Balaban J connectivity index is 3.02. The van der Waals surface area contributed by atoms with E-state index in [1.54, 1.807) is 7.11 Å². The number of methoxy groups -OCH3 is 1. The SMILES string of the molecule is COCC(C)C(C(=O)OC(C)(C)C)c1ccc(C)cc1. The summed E-state index contributed by atoms with van der Waals surface area (Å²) < 4.78 is 10.8. The van der Waals surface area contributed by atoms with Crippen molar-refractivity contribution in [3.63, 3.8) is 0 Å². The van der Waals surface area contributed by atoms with Crippen LogP contribution in [0.4, 0.5) is 0 Å². The van der Waals surface area contributed by atoms with Gasteiger partial charge >= 0.3 is 5.97 Å². The molecule has 1 rings (SSSR count). The van der Waals surface area contributed by atoms with E-state index < -0.39 is 5.60 Å². The van der Waals surface area contributed by atoms with Gasteiger partial charge in [0.15, 0.2) is 0 Å². The molecule has 0 fully saturated rings. The maximum atomic E-state index is 12.5. The minimum absolute atomic E-state index is 0.0672. The molecule has 0 N–H and O–H groups in total. The fourth-order valence-corrected chi connectivity index (χ4v) is 2.20. The molecule has 0 saturated heterocycles. The number of hydrogen-bond acceptors (Lipinski definition) is 3. The third-order valence-corrected chi connectivity index (χ3v) is 3.10. The number of esters is 1.